The van der Waals surface area contributed by atoms with E-state index in [2.05, 4.69) is 20.8 Å². The highest BCUT2D eigenvalue weighted by atomic mass is 16.4. The van der Waals surface area contributed by atoms with Crippen molar-refractivity contribution in [2.24, 2.45) is 56.7 Å². The second kappa shape index (κ2) is 8.02. The molecule has 5 saturated carbocycles. The summed E-state index contributed by atoms with van der Waals surface area (Å²) < 4.78 is 0. The maximum atomic E-state index is 12.5. The van der Waals surface area contributed by atoms with Crippen molar-refractivity contribution in [3.8, 4) is 0 Å². The van der Waals surface area contributed by atoms with Gasteiger partial charge in [-0.25, -0.2) is 0 Å². The molecule has 0 aliphatic heterocycles. The maximum absolute atomic E-state index is 12.5. The molecule has 36 heavy (non-hydrogen) atoms. The van der Waals surface area contributed by atoms with Gasteiger partial charge < -0.3 is 20.4 Å². The Labute approximate surface area is 216 Å². The fourth-order valence-electron chi connectivity index (χ4n) is 11.1. The molecule has 0 saturated heterocycles. The zero-order valence-electron chi connectivity index (χ0n) is 23.1. The summed E-state index contributed by atoms with van der Waals surface area (Å²) in [4.78, 5) is 24.9. The van der Waals surface area contributed by atoms with E-state index in [1.807, 2.05) is 13.8 Å². The number of carbonyl (C=O) groups is 2. The zero-order chi connectivity index (χ0) is 26.6. The predicted molar refractivity (Wildman–Crippen MR) is 136 cm³/mol. The largest absolute Gasteiger partial charge is 0.481 e. The van der Waals surface area contributed by atoms with Crippen LogP contribution in [0.25, 0.3) is 0 Å². The van der Waals surface area contributed by atoms with Gasteiger partial charge in [0.15, 0.2) is 0 Å². The zero-order valence-corrected chi connectivity index (χ0v) is 23.1. The van der Waals surface area contributed by atoms with Crippen LogP contribution < -0.4 is 0 Å². The lowest BCUT2D eigenvalue weighted by Crippen LogP contribution is -2.63. The van der Waals surface area contributed by atoms with Crippen molar-refractivity contribution in [3.63, 3.8) is 0 Å². The van der Waals surface area contributed by atoms with E-state index in [1.165, 1.54) is 0 Å². The van der Waals surface area contributed by atoms with E-state index < -0.39 is 35.1 Å². The molecule has 4 N–H and O–H groups in total. The second-order valence-corrected chi connectivity index (χ2v) is 14.6. The highest BCUT2D eigenvalue weighted by Crippen LogP contribution is 2.89. The van der Waals surface area contributed by atoms with E-state index in [9.17, 15) is 30.0 Å². The van der Waals surface area contributed by atoms with Gasteiger partial charge in [-0.15, -0.1) is 0 Å². The Hall–Kier alpha value is -0.980. The minimum absolute atomic E-state index is 0.0377. The first kappa shape index (κ1) is 26.6. The predicted octanol–water partition coefficient (Wildman–Crippen LogP) is 4.43. The van der Waals surface area contributed by atoms with Crippen LogP contribution >= 0.6 is 0 Å². The molecule has 5 rings (SSSR count). The molecule has 0 aromatic heterocycles. The molecule has 204 valence electrons. The van der Waals surface area contributed by atoms with Gasteiger partial charge in [0.2, 0.25) is 0 Å². The standard InChI is InChI=1S/C30H48O6/c1-16(2)19(31)13-20(32)17(3)18-9-10-27(5)21-7-8-22-28(6,25(35)36)23(33)14-24(34)30(22)15-29(21,30)12-11-26(18,27)4/h16-18,20-24,32-34H,7-15H2,1-6H3,(H,35,36). The first-order valence-corrected chi connectivity index (χ1v) is 14.4. The molecule has 6 nitrogen and oxygen atoms in total. The van der Waals surface area contributed by atoms with Gasteiger partial charge in [0.05, 0.1) is 23.7 Å². The molecule has 5 aliphatic rings. The molecule has 2 spiro atoms. The van der Waals surface area contributed by atoms with Gasteiger partial charge in [-0.2, -0.15) is 0 Å². The van der Waals surface area contributed by atoms with Crippen molar-refractivity contribution < 1.29 is 30.0 Å². The summed E-state index contributed by atoms with van der Waals surface area (Å²) in [6.45, 7) is 12.5. The minimum Gasteiger partial charge on any atom is -0.481 e. The monoisotopic (exact) mass is 504 g/mol. The summed E-state index contributed by atoms with van der Waals surface area (Å²) in [5, 5.41) is 43.6. The Kier molecular flexibility index (Phi) is 5.93. The molecule has 5 aliphatic carbocycles. The van der Waals surface area contributed by atoms with Crippen LogP contribution in [0, 0.1) is 56.7 Å². The number of aliphatic carboxylic acids is 1. The molecular formula is C30H48O6. The van der Waals surface area contributed by atoms with Gasteiger partial charge >= 0.3 is 5.97 Å². The van der Waals surface area contributed by atoms with Gasteiger partial charge in [-0.3, -0.25) is 9.59 Å². The van der Waals surface area contributed by atoms with Crippen LogP contribution in [0.4, 0.5) is 0 Å². The molecule has 5 fully saturated rings. The average Bonchev–Trinajstić information content (AvgIpc) is 3.42. The number of aliphatic hydroxyl groups is 3. The van der Waals surface area contributed by atoms with Crippen LogP contribution in [0.2, 0.25) is 0 Å². The summed E-state index contributed by atoms with van der Waals surface area (Å²) in [5.41, 5.74) is -1.58. The topological polar surface area (TPSA) is 115 Å². The Bertz CT molecular complexity index is 948. The smallest absolute Gasteiger partial charge is 0.312 e. The van der Waals surface area contributed by atoms with Crippen LogP contribution in [0.5, 0.6) is 0 Å². The summed E-state index contributed by atoms with van der Waals surface area (Å²) in [6, 6.07) is 0. The summed E-state index contributed by atoms with van der Waals surface area (Å²) in [5.74, 6) is -0.285. The van der Waals surface area contributed by atoms with Crippen LogP contribution in [-0.4, -0.2) is 50.5 Å². The first-order valence-electron chi connectivity index (χ1n) is 14.4. The highest BCUT2D eigenvalue weighted by molar-refractivity contribution is 5.80. The van der Waals surface area contributed by atoms with Crippen molar-refractivity contribution in [1.29, 1.82) is 0 Å². The first-order chi connectivity index (χ1) is 16.6. The maximum Gasteiger partial charge on any atom is 0.312 e. The quantitative estimate of drug-likeness (QED) is 0.425. The SMILES string of the molecule is CC(C)C(=O)CC(O)C(C)C1CCC2(C)C3CCC4C(C)(C(=O)O)C(O)CC(O)C45CC35CCC12C. The number of carboxylic acids is 1. The molecule has 0 radical (unpaired) electrons. The molecule has 0 amide bonds. The van der Waals surface area contributed by atoms with Gasteiger partial charge in [0, 0.05) is 24.2 Å². The van der Waals surface area contributed by atoms with Crippen molar-refractivity contribution in [2.75, 3.05) is 0 Å². The number of hydrogen-bond acceptors (Lipinski definition) is 5. The molecular weight excluding hydrogens is 456 g/mol. The number of ketones is 1. The van der Waals surface area contributed by atoms with Crippen molar-refractivity contribution in [1.82, 2.24) is 0 Å². The van der Waals surface area contributed by atoms with E-state index in [-0.39, 0.29) is 52.6 Å². The summed E-state index contributed by atoms with van der Waals surface area (Å²) in [6.07, 6.45) is 4.73. The lowest BCUT2D eigenvalue weighted by atomic mass is 9.41. The normalized spacial score (nSPS) is 53.0. The third kappa shape index (κ3) is 2.96. The highest BCUT2D eigenvalue weighted by Gasteiger charge is 2.85. The number of Topliss-reactive ketones (excluding diaryl/α,β-unsaturated/α-hetero) is 1. The molecule has 0 heterocycles. The summed E-state index contributed by atoms with van der Waals surface area (Å²) in [7, 11) is 0. The number of hydrogen-bond donors (Lipinski definition) is 4. The second-order valence-electron chi connectivity index (χ2n) is 14.6. The number of rotatable bonds is 6. The Morgan fingerprint density at radius 3 is 2.14 bits per heavy atom. The Balaban J connectivity index is 1.45. The minimum atomic E-state index is -1.21. The van der Waals surface area contributed by atoms with Crippen LogP contribution in [-0.2, 0) is 9.59 Å². The van der Waals surface area contributed by atoms with Crippen molar-refractivity contribution >= 4 is 11.8 Å². The van der Waals surface area contributed by atoms with Crippen molar-refractivity contribution in [3.05, 3.63) is 0 Å². The Morgan fingerprint density at radius 1 is 0.889 bits per heavy atom. The lowest BCUT2D eigenvalue weighted by molar-refractivity contribution is -0.211. The number of carboxylic acid groups (broad SMARTS) is 1. The van der Waals surface area contributed by atoms with Gasteiger partial charge in [-0.05, 0) is 91.8 Å². The molecule has 0 aromatic rings. The third-order valence-corrected chi connectivity index (χ3v) is 13.6. The number of aliphatic hydroxyl groups excluding tert-OH is 3. The Morgan fingerprint density at radius 2 is 1.53 bits per heavy atom. The van der Waals surface area contributed by atoms with Crippen LogP contribution in [0.3, 0.4) is 0 Å². The third-order valence-electron chi connectivity index (χ3n) is 13.6. The fourth-order valence-corrected chi connectivity index (χ4v) is 11.1. The van der Waals surface area contributed by atoms with Gasteiger partial charge in [0.1, 0.15) is 5.78 Å². The van der Waals surface area contributed by atoms with E-state index in [0.717, 1.165) is 44.9 Å². The fraction of sp³-hybridized carbons (Fsp3) is 0.933. The molecule has 0 bridgehead atoms. The number of fused-ring (bicyclic) bond motifs is 2. The van der Waals surface area contributed by atoms with E-state index >= 15 is 0 Å². The van der Waals surface area contributed by atoms with E-state index in [4.69, 9.17) is 0 Å². The molecule has 0 aromatic carbocycles. The molecule has 12 atom stereocenters. The lowest BCUT2D eigenvalue weighted by Gasteiger charge is -2.63. The average molecular weight is 505 g/mol. The van der Waals surface area contributed by atoms with Gasteiger partial charge in [-0.1, -0.05) is 34.6 Å². The molecule has 12 unspecified atom stereocenters. The van der Waals surface area contributed by atoms with Crippen LogP contribution in [0.1, 0.15) is 99.3 Å². The van der Waals surface area contributed by atoms with E-state index in [0.29, 0.717) is 11.8 Å². The molecule has 6 heteroatoms. The summed E-state index contributed by atoms with van der Waals surface area (Å²) >= 11 is 0. The van der Waals surface area contributed by atoms with E-state index in [1.54, 1.807) is 6.92 Å². The number of carbonyl (C=O) groups excluding carboxylic acids is 1. The van der Waals surface area contributed by atoms with Crippen LogP contribution in [0.15, 0.2) is 0 Å². The van der Waals surface area contributed by atoms with Gasteiger partial charge in [0.25, 0.3) is 0 Å². The van der Waals surface area contributed by atoms with Crippen molar-refractivity contribution in [2.45, 2.75) is 118 Å².